The van der Waals surface area contributed by atoms with Gasteiger partial charge in [0.1, 0.15) is 22.8 Å². The number of aromatic nitrogens is 1. The van der Waals surface area contributed by atoms with Gasteiger partial charge in [0, 0.05) is 29.6 Å². The molecule has 0 unspecified atom stereocenters. The topological polar surface area (TPSA) is 85.8 Å². The minimum absolute atomic E-state index is 0.0679. The van der Waals surface area contributed by atoms with Crippen LogP contribution in [0.2, 0.25) is 0 Å². The maximum absolute atomic E-state index is 13.7. The van der Waals surface area contributed by atoms with Crippen LogP contribution in [0.5, 0.6) is 0 Å². The predicted molar refractivity (Wildman–Crippen MR) is 139 cm³/mol. The van der Waals surface area contributed by atoms with Gasteiger partial charge < -0.3 is 10.4 Å². The van der Waals surface area contributed by atoms with Crippen LogP contribution in [-0.2, 0) is 28.5 Å². The van der Waals surface area contributed by atoms with Crippen molar-refractivity contribution in [3.8, 4) is 11.1 Å². The highest BCUT2D eigenvalue weighted by atomic mass is 19.4. The first-order chi connectivity index (χ1) is 20.1. The Balaban J connectivity index is 1.53. The molecule has 1 aromatic heterocycles. The zero-order chi connectivity index (χ0) is 31.3. The van der Waals surface area contributed by atoms with Crippen molar-refractivity contribution in [3.05, 3.63) is 94.8 Å². The van der Waals surface area contributed by atoms with Crippen molar-refractivity contribution in [2.45, 2.75) is 44.2 Å². The van der Waals surface area contributed by atoms with Crippen LogP contribution in [-0.4, -0.2) is 44.0 Å². The molecular weight excluding hydrogens is 585 g/mol. The lowest BCUT2D eigenvalue weighted by molar-refractivity contribution is -0.160. The molecule has 1 fully saturated rings. The number of hydrogen-bond acceptors (Lipinski definition) is 5. The van der Waals surface area contributed by atoms with E-state index >= 15 is 0 Å². The van der Waals surface area contributed by atoms with Crippen LogP contribution in [0.15, 0.2) is 72.1 Å². The zero-order valence-electron chi connectivity index (χ0n) is 22.4. The second-order valence-electron chi connectivity index (χ2n) is 10.4. The molecule has 0 saturated carbocycles. The molecule has 43 heavy (non-hydrogen) atoms. The number of aliphatic hydroxyl groups is 1. The van der Waals surface area contributed by atoms with Gasteiger partial charge in [-0.3, -0.25) is 19.6 Å². The summed E-state index contributed by atoms with van der Waals surface area (Å²) in [6, 6.07) is 9.02. The Morgan fingerprint density at radius 1 is 1.02 bits per heavy atom. The van der Waals surface area contributed by atoms with Gasteiger partial charge in [0.15, 0.2) is 0 Å². The van der Waals surface area contributed by atoms with Gasteiger partial charge in [0.05, 0.1) is 17.6 Å². The maximum Gasteiger partial charge on any atom is 0.433 e. The van der Waals surface area contributed by atoms with Gasteiger partial charge in [-0.05, 0) is 61.7 Å². The third-order valence-electron chi connectivity index (χ3n) is 7.52. The van der Waals surface area contributed by atoms with Crippen molar-refractivity contribution in [1.29, 1.82) is 0 Å². The average molecular weight is 609 g/mol. The van der Waals surface area contributed by atoms with Crippen molar-refractivity contribution < 1.29 is 45.4 Å². The van der Waals surface area contributed by atoms with Crippen LogP contribution in [0, 0.1) is 5.82 Å². The number of aliphatic hydroxyl groups excluding tert-OH is 1. The molecule has 0 bridgehead atoms. The summed E-state index contributed by atoms with van der Waals surface area (Å²) in [4.78, 5) is 30.5. The van der Waals surface area contributed by atoms with E-state index in [1.54, 1.807) is 11.9 Å². The summed E-state index contributed by atoms with van der Waals surface area (Å²) in [6.07, 6.45) is -7.96. The molecule has 2 aromatic carbocycles. The average Bonchev–Trinajstić information content (AvgIpc) is 3.34. The number of benzene rings is 2. The van der Waals surface area contributed by atoms with Crippen LogP contribution < -0.4 is 5.32 Å². The van der Waals surface area contributed by atoms with E-state index in [1.165, 1.54) is 29.3 Å². The third-order valence-corrected chi connectivity index (χ3v) is 7.52. The normalized spacial score (nSPS) is 19.5. The summed E-state index contributed by atoms with van der Waals surface area (Å²) in [5, 5.41) is 16.4. The van der Waals surface area contributed by atoms with Crippen molar-refractivity contribution in [1.82, 2.24) is 15.0 Å². The summed E-state index contributed by atoms with van der Waals surface area (Å²) in [5.41, 5.74) is -4.45. The molecule has 3 aromatic rings. The molecule has 0 aliphatic carbocycles. The van der Waals surface area contributed by atoms with E-state index in [1.807, 2.05) is 0 Å². The van der Waals surface area contributed by atoms with Crippen molar-refractivity contribution in [2.75, 3.05) is 11.9 Å². The molecule has 1 atom stereocenters. The van der Waals surface area contributed by atoms with Gasteiger partial charge in [0.2, 0.25) is 0 Å². The molecule has 2 aliphatic rings. The van der Waals surface area contributed by atoms with Crippen molar-refractivity contribution in [3.63, 3.8) is 0 Å². The van der Waals surface area contributed by atoms with E-state index in [0.717, 1.165) is 18.3 Å². The summed E-state index contributed by atoms with van der Waals surface area (Å²) >= 11 is 0. The first kappa shape index (κ1) is 30.0. The first-order valence-electron chi connectivity index (χ1n) is 12.9. The molecule has 0 spiro atoms. The number of amides is 2. The Hall–Kier alpha value is -4.46. The number of carbonyl (C=O) groups excluding carboxylic acids is 2. The van der Waals surface area contributed by atoms with Gasteiger partial charge in [0.25, 0.3) is 11.8 Å². The van der Waals surface area contributed by atoms with Crippen LogP contribution in [0.1, 0.15) is 36.6 Å². The summed E-state index contributed by atoms with van der Waals surface area (Å²) in [5.74, 6) is -3.07. The molecule has 2 N–H and O–H groups in total. The second-order valence-corrected chi connectivity index (χ2v) is 10.4. The van der Waals surface area contributed by atoms with Crippen molar-refractivity contribution in [2.24, 2.45) is 0 Å². The number of pyridine rings is 1. The molecule has 2 aliphatic heterocycles. The number of anilines is 1. The van der Waals surface area contributed by atoms with E-state index in [2.05, 4.69) is 10.3 Å². The summed E-state index contributed by atoms with van der Waals surface area (Å²) < 4.78 is 93.2. The monoisotopic (exact) mass is 608 g/mol. The lowest BCUT2D eigenvalue weighted by Gasteiger charge is -2.46. The van der Waals surface area contributed by atoms with E-state index < -0.39 is 58.1 Å². The highest BCUT2D eigenvalue weighted by Crippen LogP contribution is 2.42. The Morgan fingerprint density at radius 3 is 2.33 bits per heavy atom. The molecule has 2 amide bonds. The lowest BCUT2D eigenvalue weighted by atomic mass is 9.90. The van der Waals surface area contributed by atoms with Crippen LogP contribution in [0.4, 0.5) is 36.4 Å². The molecule has 1 saturated heterocycles. The van der Waals surface area contributed by atoms with Gasteiger partial charge in [-0.1, -0.05) is 18.2 Å². The fraction of sp³-hybridized carbons (Fsp3) is 0.276. The number of halogens is 7. The van der Waals surface area contributed by atoms with E-state index in [-0.39, 0.29) is 23.4 Å². The Labute approximate surface area is 240 Å². The molecule has 7 nitrogen and oxygen atoms in total. The Morgan fingerprint density at radius 2 is 1.72 bits per heavy atom. The number of carbonyl (C=O) groups is 2. The minimum atomic E-state index is -4.82. The number of alkyl halides is 6. The third kappa shape index (κ3) is 5.66. The van der Waals surface area contributed by atoms with Gasteiger partial charge in [-0.25, -0.2) is 9.40 Å². The van der Waals surface area contributed by atoms with Gasteiger partial charge in [-0.2, -0.15) is 26.3 Å². The van der Waals surface area contributed by atoms with Gasteiger partial charge in [-0.15, -0.1) is 0 Å². The fourth-order valence-electron chi connectivity index (χ4n) is 5.28. The molecule has 0 radical (unpaired) electrons. The van der Waals surface area contributed by atoms with E-state index in [0.29, 0.717) is 43.1 Å². The fourth-order valence-corrected chi connectivity index (χ4v) is 5.28. The Bertz CT molecular complexity index is 1600. The molecule has 14 heteroatoms. The van der Waals surface area contributed by atoms with Crippen molar-refractivity contribution >= 4 is 17.5 Å². The number of nitrogens with zero attached hydrogens (tertiary/aromatic N) is 3. The molecular formula is C29H23F7N4O3. The van der Waals surface area contributed by atoms with Crippen LogP contribution in [0.25, 0.3) is 11.1 Å². The number of hydrogen-bond donors (Lipinski definition) is 2. The first-order valence-corrected chi connectivity index (χ1v) is 12.9. The number of hydrazine groups is 1. The summed E-state index contributed by atoms with van der Waals surface area (Å²) in [6.45, 7) is 1.93. The molecule has 226 valence electrons. The largest absolute Gasteiger partial charge is 0.509 e. The van der Waals surface area contributed by atoms with Crippen LogP contribution >= 0.6 is 0 Å². The maximum atomic E-state index is 13.7. The highest BCUT2D eigenvalue weighted by Gasteiger charge is 2.52. The second kappa shape index (κ2) is 10.7. The smallest absolute Gasteiger partial charge is 0.433 e. The number of rotatable bonds is 5. The quantitative estimate of drug-likeness (QED) is 0.256. The molecule has 5 rings (SSSR count). The standard InChI is InChI=1S/C29H23F7N4O3/c1-27-11-2-12-40(27)39(15-16-3-7-19(30)8-4-16)26(43)23(24(27)41)25(42)38-21-9-6-18(28(31,32)33)13-20(21)17-5-10-22(37-14-17)29(34,35)36/h3-10,13-14,41H,2,11-12,15H2,1H3,(H,38,42)/t27-/m1/s1. The Kier molecular flexibility index (Phi) is 7.45. The van der Waals surface area contributed by atoms with E-state index in [9.17, 15) is 45.4 Å². The van der Waals surface area contributed by atoms with Gasteiger partial charge >= 0.3 is 12.4 Å². The summed E-state index contributed by atoms with van der Waals surface area (Å²) in [7, 11) is 0. The molecule has 3 heterocycles. The van der Waals surface area contributed by atoms with Crippen LogP contribution in [0.3, 0.4) is 0 Å². The SMILES string of the molecule is C[C@]12CCCN1N(Cc1ccc(F)cc1)C(=O)C(C(=O)Nc1ccc(C(F)(F)F)cc1-c1ccc(C(F)(F)F)nc1)=C2O. The number of nitrogens with one attached hydrogen (secondary N) is 1. The number of fused-ring (bicyclic) bond motifs is 1. The lowest BCUT2D eigenvalue weighted by Crippen LogP contribution is -2.60. The predicted octanol–water partition coefficient (Wildman–Crippen LogP) is 6.49. The van der Waals surface area contributed by atoms with E-state index in [4.69, 9.17) is 0 Å². The zero-order valence-corrected chi connectivity index (χ0v) is 22.4. The highest BCUT2D eigenvalue weighted by molar-refractivity contribution is 6.24. The minimum Gasteiger partial charge on any atom is -0.509 e.